The van der Waals surface area contributed by atoms with Crippen LogP contribution in [0.2, 0.25) is 0 Å². The second kappa shape index (κ2) is 6.17. The highest BCUT2D eigenvalue weighted by molar-refractivity contribution is 7.71. The van der Waals surface area contributed by atoms with Crippen LogP contribution in [0.3, 0.4) is 0 Å². The van der Waals surface area contributed by atoms with Gasteiger partial charge in [0.05, 0.1) is 11.6 Å². The van der Waals surface area contributed by atoms with Gasteiger partial charge in [0, 0.05) is 7.05 Å². The lowest BCUT2D eigenvalue weighted by Gasteiger charge is -2.21. The first-order valence-electron chi connectivity index (χ1n) is 6.58. The van der Waals surface area contributed by atoms with Crippen molar-refractivity contribution in [3.63, 3.8) is 0 Å². The van der Waals surface area contributed by atoms with Crippen molar-refractivity contribution in [2.75, 3.05) is 0 Å². The molecule has 0 saturated heterocycles. The summed E-state index contributed by atoms with van der Waals surface area (Å²) in [6, 6.07) is 5.51. The van der Waals surface area contributed by atoms with Gasteiger partial charge in [0.1, 0.15) is 5.82 Å². The molecule has 2 N–H and O–H groups in total. The van der Waals surface area contributed by atoms with Crippen molar-refractivity contribution < 1.29 is 9.18 Å². The summed E-state index contributed by atoms with van der Waals surface area (Å²) in [5, 5.41) is 9.65. The van der Waals surface area contributed by atoms with Gasteiger partial charge in [-0.2, -0.15) is 5.10 Å². The van der Waals surface area contributed by atoms with Crippen molar-refractivity contribution in [3.8, 4) is 0 Å². The van der Waals surface area contributed by atoms with Crippen molar-refractivity contribution in [2.24, 2.45) is 13.0 Å². The number of nitrogens with zero attached hydrogens (tertiary/aromatic N) is 2. The van der Waals surface area contributed by atoms with E-state index in [-0.39, 0.29) is 17.5 Å². The zero-order valence-corrected chi connectivity index (χ0v) is 12.9. The van der Waals surface area contributed by atoms with Crippen molar-refractivity contribution >= 4 is 18.1 Å². The van der Waals surface area contributed by atoms with Crippen LogP contribution < -0.4 is 5.32 Å². The Bertz CT molecular complexity index is 707. The molecular weight excluding hydrogens is 291 g/mol. The highest BCUT2D eigenvalue weighted by Gasteiger charge is 2.24. The molecule has 1 amide bonds. The summed E-state index contributed by atoms with van der Waals surface area (Å²) >= 11 is 5.08. The van der Waals surface area contributed by atoms with Crippen LogP contribution in [-0.2, 0) is 7.05 Å². The number of carbonyl (C=O) groups is 1. The van der Waals surface area contributed by atoms with Crippen molar-refractivity contribution in [2.45, 2.75) is 19.9 Å². The maximum Gasteiger partial charge on any atom is 0.254 e. The fourth-order valence-corrected chi connectivity index (χ4v) is 2.17. The molecule has 0 bridgehead atoms. The van der Waals surface area contributed by atoms with Gasteiger partial charge in [0.25, 0.3) is 5.91 Å². The fraction of sp³-hybridized carbons (Fsp3) is 0.357. The smallest absolute Gasteiger partial charge is 0.254 e. The lowest BCUT2D eigenvalue weighted by atomic mass is 10.0. The largest absolute Gasteiger partial charge is 0.342 e. The molecule has 112 valence electrons. The third kappa shape index (κ3) is 3.18. The third-order valence-corrected chi connectivity index (χ3v) is 3.63. The van der Waals surface area contributed by atoms with Gasteiger partial charge < -0.3 is 9.88 Å². The number of aromatic nitrogens is 3. The normalized spacial score (nSPS) is 12.4. The number of amides is 1. The number of H-pyrrole nitrogens is 1. The lowest BCUT2D eigenvalue weighted by molar-refractivity contribution is 0.0918. The van der Waals surface area contributed by atoms with Gasteiger partial charge in [-0.3, -0.25) is 9.89 Å². The van der Waals surface area contributed by atoms with Crippen molar-refractivity contribution in [1.82, 2.24) is 20.1 Å². The molecule has 1 heterocycles. The quantitative estimate of drug-likeness (QED) is 0.854. The number of nitrogens with one attached hydrogen (secondary N) is 2. The summed E-state index contributed by atoms with van der Waals surface area (Å²) in [5.41, 5.74) is 0.0138. The molecule has 0 aliphatic carbocycles. The van der Waals surface area contributed by atoms with E-state index in [9.17, 15) is 9.18 Å². The van der Waals surface area contributed by atoms with Crippen LogP contribution in [0.25, 0.3) is 0 Å². The van der Waals surface area contributed by atoms with E-state index in [1.165, 1.54) is 12.1 Å². The van der Waals surface area contributed by atoms with E-state index in [1.807, 2.05) is 13.8 Å². The standard InChI is InChI=1S/C14H17FN4OS/c1-8(2)11(12-17-18-14(21)19(12)3)16-13(20)9-6-4-5-7-10(9)15/h4-8,11H,1-3H3,(H,16,20)(H,18,21)/t11-/m1/s1. The Hall–Kier alpha value is -2.02. The Morgan fingerprint density at radius 2 is 2.10 bits per heavy atom. The Kier molecular flexibility index (Phi) is 4.52. The molecule has 7 heteroatoms. The van der Waals surface area contributed by atoms with Crippen molar-refractivity contribution in [1.29, 1.82) is 0 Å². The van der Waals surface area contributed by atoms with E-state index in [2.05, 4.69) is 15.5 Å². The van der Waals surface area contributed by atoms with Gasteiger partial charge in [-0.25, -0.2) is 4.39 Å². The zero-order chi connectivity index (χ0) is 15.6. The minimum Gasteiger partial charge on any atom is -0.342 e. The van der Waals surface area contributed by atoms with Gasteiger partial charge in [0.15, 0.2) is 10.6 Å². The van der Waals surface area contributed by atoms with Gasteiger partial charge >= 0.3 is 0 Å². The van der Waals surface area contributed by atoms with Crippen LogP contribution in [0.1, 0.15) is 36.1 Å². The van der Waals surface area contributed by atoms with E-state index in [4.69, 9.17) is 12.2 Å². The van der Waals surface area contributed by atoms with Crippen LogP contribution in [0.15, 0.2) is 24.3 Å². The lowest BCUT2D eigenvalue weighted by Crippen LogP contribution is -2.34. The molecule has 0 spiro atoms. The molecule has 21 heavy (non-hydrogen) atoms. The minimum atomic E-state index is -0.548. The van der Waals surface area contributed by atoms with Gasteiger partial charge in [-0.05, 0) is 30.3 Å². The van der Waals surface area contributed by atoms with Gasteiger partial charge in [-0.15, -0.1) is 0 Å². The van der Waals surface area contributed by atoms with Crippen LogP contribution in [0, 0.1) is 16.5 Å². The molecule has 1 aromatic carbocycles. The summed E-state index contributed by atoms with van der Waals surface area (Å²) < 4.78 is 15.8. The topological polar surface area (TPSA) is 62.7 Å². The number of hydrogen-bond acceptors (Lipinski definition) is 3. The summed E-state index contributed by atoms with van der Waals surface area (Å²) in [6.07, 6.45) is 0. The molecule has 0 fully saturated rings. The second-order valence-electron chi connectivity index (χ2n) is 5.12. The second-order valence-corrected chi connectivity index (χ2v) is 5.51. The summed E-state index contributed by atoms with van der Waals surface area (Å²) in [7, 11) is 1.77. The number of rotatable bonds is 4. The molecule has 0 aliphatic heterocycles. The molecule has 1 atom stereocenters. The van der Waals surface area contributed by atoms with E-state index < -0.39 is 11.7 Å². The fourth-order valence-electron chi connectivity index (χ4n) is 2.03. The number of hydrogen-bond donors (Lipinski definition) is 2. The first-order chi connectivity index (χ1) is 9.91. The Morgan fingerprint density at radius 3 is 2.62 bits per heavy atom. The monoisotopic (exact) mass is 308 g/mol. The Balaban J connectivity index is 2.30. The van der Waals surface area contributed by atoms with Crippen LogP contribution in [0.5, 0.6) is 0 Å². The number of halogens is 1. The SMILES string of the molecule is CC(C)[C@@H](NC(=O)c1ccccc1F)c1n[nH]c(=S)n1C. The van der Waals surface area contributed by atoms with E-state index >= 15 is 0 Å². The van der Waals surface area contributed by atoms with Crippen LogP contribution >= 0.6 is 12.2 Å². The average molecular weight is 308 g/mol. The maximum atomic E-state index is 13.7. The molecule has 0 aliphatic rings. The molecule has 5 nitrogen and oxygen atoms in total. The summed E-state index contributed by atoms with van der Waals surface area (Å²) in [4.78, 5) is 12.2. The number of aromatic amines is 1. The molecular formula is C14H17FN4OS. The Morgan fingerprint density at radius 1 is 1.43 bits per heavy atom. The summed E-state index contributed by atoms with van der Waals surface area (Å²) in [6.45, 7) is 3.90. The average Bonchev–Trinajstić information content (AvgIpc) is 2.76. The zero-order valence-electron chi connectivity index (χ0n) is 12.1. The predicted octanol–water partition coefficient (Wildman–Crippen LogP) is 2.74. The molecule has 0 radical (unpaired) electrons. The van der Waals surface area contributed by atoms with Crippen LogP contribution in [0.4, 0.5) is 4.39 Å². The number of benzene rings is 1. The highest BCUT2D eigenvalue weighted by Crippen LogP contribution is 2.20. The predicted molar refractivity (Wildman–Crippen MR) is 79.8 cm³/mol. The van der Waals surface area contributed by atoms with Crippen LogP contribution in [-0.4, -0.2) is 20.7 Å². The minimum absolute atomic E-state index is 0.0138. The molecule has 2 rings (SSSR count). The molecule has 2 aromatic rings. The summed E-state index contributed by atoms with van der Waals surface area (Å²) in [5.74, 6) is -0.335. The van der Waals surface area contributed by atoms with Gasteiger partial charge in [-0.1, -0.05) is 26.0 Å². The van der Waals surface area contributed by atoms with E-state index in [0.717, 1.165) is 0 Å². The van der Waals surface area contributed by atoms with E-state index in [0.29, 0.717) is 10.6 Å². The maximum absolute atomic E-state index is 13.7. The van der Waals surface area contributed by atoms with E-state index in [1.54, 1.807) is 23.7 Å². The molecule has 0 unspecified atom stereocenters. The van der Waals surface area contributed by atoms with Gasteiger partial charge in [0.2, 0.25) is 0 Å². The highest BCUT2D eigenvalue weighted by atomic mass is 32.1. The Labute approximate surface area is 127 Å². The first kappa shape index (κ1) is 15.4. The first-order valence-corrected chi connectivity index (χ1v) is 6.99. The molecule has 0 saturated carbocycles. The number of carbonyl (C=O) groups excluding carboxylic acids is 1. The molecule has 1 aromatic heterocycles. The third-order valence-electron chi connectivity index (χ3n) is 3.26. The van der Waals surface area contributed by atoms with Crippen molar-refractivity contribution in [3.05, 3.63) is 46.2 Å².